The van der Waals surface area contributed by atoms with E-state index in [4.69, 9.17) is 23.2 Å². The van der Waals surface area contributed by atoms with Gasteiger partial charge < -0.3 is 10.4 Å². The predicted molar refractivity (Wildman–Crippen MR) is 102 cm³/mol. The van der Waals surface area contributed by atoms with E-state index in [1.807, 2.05) is 13.8 Å². The summed E-state index contributed by atoms with van der Waals surface area (Å²) in [6.45, 7) is 5.73. The number of anilines is 1. The molecule has 148 valence electrons. The standard InChI is InChI=1S/C18H22Cl2F2N4O/c1-9(2)6-11(8-27)23-18-25-14(24-17(20)26-18)7-10(3)12-4-5-13(19)16(22)15(12)21/h4-5,9-11,27H,6-8H2,1-3H3,(H,23,24,25,26). The number of nitrogens with zero attached hydrogens (tertiary/aromatic N) is 3. The number of aliphatic hydroxyl groups is 1. The van der Waals surface area contributed by atoms with Gasteiger partial charge in [-0.25, -0.2) is 13.8 Å². The van der Waals surface area contributed by atoms with Crippen LogP contribution in [0.15, 0.2) is 12.1 Å². The summed E-state index contributed by atoms with van der Waals surface area (Å²) in [5.41, 5.74) is 0.177. The van der Waals surface area contributed by atoms with Gasteiger partial charge in [-0.1, -0.05) is 38.4 Å². The highest BCUT2D eigenvalue weighted by atomic mass is 35.5. The Hall–Kier alpha value is -1.57. The molecule has 0 fully saturated rings. The number of nitrogens with one attached hydrogen (secondary N) is 1. The number of aliphatic hydroxyl groups excluding tert-OH is 1. The van der Waals surface area contributed by atoms with Gasteiger partial charge in [-0.2, -0.15) is 9.97 Å². The summed E-state index contributed by atoms with van der Waals surface area (Å²) in [5, 5.41) is 12.2. The molecule has 1 aromatic carbocycles. The van der Waals surface area contributed by atoms with Crippen LogP contribution in [-0.4, -0.2) is 32.7 Å². The van der Waals surface area contributed by atoms with Gasteiger partial charge in [0.05, 0.1) is 17.7 Å². The largest absolute Gasteiger partial charge is 0.394 e. The quantitative estimate of drug-likeness (QED) is 0.611. The minimum atomic E-state index is -1.07. The molecular weight excluding hydrogens is 397 g/mol. The number of benzene rings is 1. The molecule has 2 N–H and O–H groups in total. The lowest BCUT2D eigenvalue weighted by Gasteiger charge is -2.19. The van der Waals surface area contributed by atoms with Crippen molar-refractivity contribution in [3.8, 4) is 0 Å². The second-order valence-corrected chi connectivity index (χ2v) is 7.61. The van der Waals surface area contributed by atoms with Crippen LogP contribution in [0.4, 0.5) is 14.7 Å². The highest BCUT2D eigenvalue weighted by Crippen LogP contribution is 2.27. The summed E-state index contributed by atoms with van der Waals surface area (Å²) in [6.07, 6.45) is 0.948. The Morgan fingerprint density at radius 3 is 2.41 bits per heavy atom. The van der Waals surface area contributed by atoms with Crippen molar-refractivity contribution in [3.63, 3.8) is 0 Å². The van der Waals surface area contributed by atoms with Gasteiger partial charge in [0.2, 0.25) is 11.2 Å². The molecule has 1 aromatic heterocycles. The van der Waals surface area contributed by atoms with Crippen molar-refractivity contribution in [3.05, 3.63) is 45.5 Å². The monoisotopic (exact) mass is 418 g/mol. The zero-order chi connectivity index (χ0) is 20.1. The third-order valence-electron chi connectivity index (χ3n) is 4.05. The van der Waals surface area contributed by atoms with Crippen LogP contribution >= 0.6 is 23.2 Å². The van der Waals surface area contributed by atoms with Crippen LogP contribution in [0.1, 0.15) is 44.5 Å². The Morgan fingerprint density at radius 1 is 1.07 bits per heavy atom. The van der Waals surface area contributed by atoms with E-state index in [0.29, 0.717) is 11.7 Å². The van der Waals surface area contributed by atoms with Crippen molar-refractivity contribution in [2.45, 2.75) is 45.6 Å². The van der Waals surface area contributed by atoms with Gasteiger partial charge in [-0.3, -0.25) is 0 Å². The van der Waals surface area contributed by atoms with Crippen molar-refractivity contribution in [2.75, 3.05) is 11.9 Å². The lowest BCUT2D eigenvalue weighted by molar-refractivity contribution is 0.259. The molecule has 0 amide bonds. The maximum Gasteiger partial charge on any atom is 0.227 e. The third kappa shape index (κ3) is 5.96. The molecule has 0 saturated heterocycles. The Bertz CT molecular complexity index is 792. The lowest BCUT2D eigenvalue weighted by Crippen LogP contribution is -2.27. The second-order valence-electron chi connectivity index (χ2n) is 6.87. The molecule has 0 aliphatic rings. The van der Waals surface area contributed by atoms with Crippen molar-refractivity contribution < 1.29 is 13.9 Å². The summed E-state index contributed by atoms with van der Waals surface area (Å²) in [7, 11) is 0. The molecule has 0 aliphatic carbocycles. The van der Waals surface area contributed by atoms with E-state index >= 15 is 0 Å². The first kappa shape index (κ1) is 21.7. The number of hydrogen-bond acceptors (Lipinski definition) is 5. The molecule has 0 spiro atoms. The van der Waals surface area contributed by atoms with Crippen LogP contribution in [0, 0.1) is 17.6 Å². The molecule has 5 nitrogen and oxygen atoms in total. The molecule has 2 aromatic rings. The fraction of sp³-hybridized carbons (Fsp3) is 0.500. The van der Waals surface area contributed by atoms with E-state index in [1.165, 1.54) is 12.1 Å². The average molecular weight is 419 g/mol. The first-order valence-electron chi connectivity index (χ1n) is 8.62. The van der Waals surface area contributed by atoms with Crippen LogP contribution in [0.3, 0.4) is 0 Å². The highest BCUT2D eigenvalue weighted by molar-refractivity contribution is 6.30. The smallest absolute Gasteiger partial charge is 0.227 e. The molecular formula is C18H22Cl2F2N4O. The molecule has 2 atom stereocenters. The van der Waals surface area contributed by atoms with Gasteiger partial charge in [0.15, 0.2) is 11.6 Å². The molecule has 0 bridgehead atoms. The summed E-state index contributed by atoms with van der Waals surface area (Å²) in [4.78, 5) is 12.4. The van der Waals surface area contributed by atoms with E-state index < -0.39 is 17.6 Å². The summed E-state index contributed by atoms with van der Waals surface area (Å²) < 4.78 is 27.8. The number of hydrogen-bond donors (Lipinski definition) is 2. The maximum atomic E-state index is 14.1. The fourth-order valence-electron chi connectivity index (χ4n) is 2.78. The topological polar surface area (TPSA) is 70.9 Å². The predicted octanol–water partition coefficient (Wildman–Crippen LogP) is 4.62. The maximum absolute atomic E-state index is 14.1. The molecule has 9 heteroatoms. The Balaban J connectivity index is 2.19. The van der Waals surface area contributed by atoms with Gasteiger partial charge in [0.25, 0.3) is 0 Å². The first-order chi connectivity index (χ1) is 12.7. The lowest BCUT2D eigenvalue weighted by atomic mass is 9.96. The van der Waals surface area contributed by atoms with Crippen LogP contribution in [0.25, 0.3) is 0 Å². The van der Waals surface area contributed by atoms with Crippen molar-refractivity contribution >= 4 is 29.2 Å². The van der Waals surface area contributed by atoms with E-state index in [1.54, 1.807) is 6.92 Å². The molecule has 0 aliphatic heterocycles. The van der Waals surface area contributed by atoms with Gasteiger partial charge >= 0.3 is 0 Å². The zero-order valence-corrected chi connectivity index (χ0v) is 16.8. The van der Waals surface area contributed by atoms with Crippen LogP contribution in [0.2, 0.25) is 10.3 Å². The molecule has 2 rings (SSSR count). The van der Waals surface area contributed by atoms with Gasteiger partial charge in [0.1, 0.15) is 5.82 Å². The highest BCUT2D eigenvalue weighted by Gasteiger charge is 2.19. The molecule has 1 heterocycles. The molecule has 0 radical (unpaired) electrons. The minimum absolute atomic E-state index is 0.0151. The van der Waals surface area contributed by atoms with Crippen LogP contribution < -0.4 is 5.32 Å². The summed E-state index contributed by atoms with van der Waals surface area (Å²) >= 11 is 11.6. The van der Waals surface area contributed by atoms with Gasteiger partial charge in [0, 0.05) is 6.42 Å². The van der Waals surface area contributed by atoms with Gasteiger partial charge in [-0.05, 0) is 41.5 Å². The number of rotatable bonds is 8. The average Bonchev–Trinajstić information content (AvgIpc) is 2.58. The Labute approximate surface area is 167 Å². The SMILES string of the molecule is CC(C)CC(CO)Nc1nc(Cl)nc(CC(C)c2ccc(Cl)c(F)c2F)n1. The van der Waals surface area contributed by atoms with Crippen LogP contribution in [-0.2, 0) is 6.42 Å². The van der Waals surface area contributed by atoms with Crippen molar-refractivity contribution in [1.29, 1.82) is 0 Å². The number of halogens is 4. The zero-order valence-electron chi connectivity index (χ0n) is 15.3. The van der Waals surface area contributed by atoms with E-state index in [9.17, 15) is 13.9 Å². The Morgan fingerprint density at radius 2 is 1.78 bits per heavy atom. The number of aromatic nitrogens is 3. The van der Waals surface area contributed by atoms with Crippen LogP contribution in [0.5, 0.6) is 0 Å². The van der Waals surface area contributed by atoms with Gasteiger partial charge in [-0.15, -0.1) is 0 Å². The van der Waals surface area contributed by atoms with E-state index in [-0.39, 0.29) is 40.9 Å². The molecule has 0 saturated carbocycles. The third-order valence-corrected chi connectivity index (χ3v) is 4.51. The second kappa shape index (κ2) is 9.57. The van der Waals surface area contributed by atoms with E-state index in [0.717, 1.165) is 6.42 Å². The first-order valence-corrected chi connectivity index (χ1v) is 9.38. The fourth-order valence-corrected chi connectivity index (χ4v) is 3.11. The Kier molecular flexibility index (Phi) is 7.70. The summed E-state index contributed by atoms with van der Waals surface area (Å²) in [6, 6.07) is 2.53. The van der Waals surface area contributed by atoms with E-state index in [2.05, 4.69) is 20.3 Å². The molecule has 2 unspecified atom stereocenters. The van der Waals surface area contributed by atoms with Crippen molar-refractivity contribution in [2.24, 2.45) is 5.92 Å². The minimum Gasteiger partial charge on any atom is -0.394 e. The molecule has 27 heavy (non-hydrogen) atoms. The normalized spacial score (nSPS) is 13.7. The summed E-state index contributed by atoms with van der Waals surface area (Å²) in [5.74, 6) is -1.52. The van der Waals surface area contributed by atoms with Crippen molar-refractivity contribution in [1.82, 2.24) is 15.0 Å².